The third-order valence-corrected chi connectivity index (χ3v) is 2.60. The van der Waals surface area contributed by atoms with Crippen molar-refractivity contribution in [2.24, 2.45) is 5.92 Å². The zero-order valence-electron chi connectivity index (χ0n) is 7.24. The van der Waals surface area contributed by atoms with Crippen molar-refractivity contribution in [3.63, 3.8) is 0 Å². The lowest BCUT2D eigenvalue weighted by Crippen LogP contribution is -2.12. The van der Waals surface area contributed by atoms with Crippen molar-refractivity contribution in [3.05, 3.63) is 48.1 Å². The topological polar surface area (TPSA) is 0 Å². The highest BCUT2D eigenvalue weighted by molar-refractivity contribution is 5.33. The van der Waals surface area contributed by atoms with Crippen LogP contribution in [0.2, 0.25) is 0 Å². The summed E-state index contributed by atoms with van der Waals surface area (Å²) in [6.45, 7) is 0. The zero-order valence-corrected chi connectivity index (χ0v) is 7.24. The Morgan fingerprint density at radius 2 is 1.67 bits per heavy atom. The second-order valence-electron chi connectivity index (χ2n) is 3.42. The average molecular weight is 158 g/mol. The molecular weight excluding hydrogens is 144 g/mol. The Labute approximate surface area is 74.0 Å². The summed E-state index contributed by atoms with van der Waals surface area (Å²) < 4.78 is 0. The van der Waals surface area contributed by atoms with Crippen LogP contribution >= 0.6 is 0 Å². The van der Waals surface area contributed by atoms with Crippen molar-refractivity contribution in [2.75, 3.05) is 0 Å². The molecule has 0 aromatic carbocycles. The molecule has 2 rings (SSSR count). The SMILES string of the molecule is C1=CC=CC(C2CCC2)=CC=C1. The molecule has 0 heteroatoms. The van der Waals surface area contributed by atoms with Crippen LogP contribution in [0.15, 0.2) is 48.1 Å². The smallest absolute Gasteiger partial charge is 0.0162 e. The van der Waals surface area contributed by atoms with Gasteiger partial charge in [-0.25, -0.2) is 0 Å². The van der Waals surface area contributed by atoms with Gasteiger partial charge in [0.15, 0.2) is 0 Å². The van der Waals surface area contributed by atoms with Crippen LogP contribution in [-0.2, 0) is 0 Å². The van der Waals surface area contributed by atoms with Gasteiger partial charge in [0, 0.05) is 0 Å². The summed E-state index contributed by atoms with van der Waals surface area (Å²) in [5.41, 5.74) is 1.50. The Morgan fingerprint density at radius 1 is 0.917 bits per heavy atom. The van der Waals surface area contributed by atoms with Crippen molar-refractivity contribution in [3.8, 4) is 0 Å². The highest BCUT2D eigenvalue weighted by atomic mass is 14.2. The van der Waals surface area contributed by atoms with E-state index in [4.69, 9.17) is 0 Å². The minimum atomic E-state index is 0.845. The summed E-state index contributed by atoms with van der Waals surface area (Å²) in [4.78, 5) is 0. The Kier molecular flexibility index (Phi) is 2.26. The van der Waals surface area contributed by atoms with E-state index in [0.29, 0.717) is 0 Å². The molecule has 0 aromatic heterocycles. The summed E-state index contributed by atoms with van der Waals surface area (Å²) in [5.74, 6) is 0.845. The van der Waals surface area contributed by atoms with Crippen molar-refractivity contribution < 1.29 is 0 Å². The van der Waals surface area contributed by atoms with Gasteiger partial charge in [0.05, 0.1) is 0 Å². The molecule has 2 aliphatic carbocycles. The quantitative estimate of drug-likeness (QED) is 0.548. The third-order valence-electron chi connectivity index (χ3n) is 2.60. The fourth-order valence-corrected chi connectivity index (χ4v) is 1.60. The van der Waals surface area contributed by atoms with E-state index in [2.05, 4.69) is 42.5 Å². The first-order chi connectivity index (χ1) is 5.97. The Hall–Kier alpha value is -1.04. The normalized spacial score (nSPS) is 22.8. The molecule has 62 valence electrons. The second-order valence-corrected chi connectivity index (χ2v) is 3.42. The lowest BCUT2D eigenvalue weighted by molar-refractivity contribution is 0.374. The van der Waals surface area contributed by atoms with Gasteiger partial charge in [-0.05, 0) is 24.3 Å². The highest BCUT2D eigenvalue weighted by Crippen LogP contribution is 2.33. The Bertz CT molecular complexity index is 260. The van der Waals surface area contributed by atoms with Crippen LogP contribution in [-0.4, -0.2) is 0 Å². The average Bonchev–Trinajstić information content (AvgIpc) is 1.90. The predicted octanol–water partition coefficient (Wildman–Crippen LogP) is 3.40. The minimum Gasteiger partial charge on any atom is -0.0623 e. The van der Waals surface area contributed by atoms with Crippen LogP contribution in [0, 0.1) is 5.92 Å². The summed E-state index contributed by atoms with van der Waals surface area (Å²) >= 11 is 0. The van der Waals surface area contributed by atoms with Gasteiger partial charge in [-0.1, -0.05) is 49.0 Å². The second kappa shape index (κ2) is 3.57. The number of hydrogen-bond acceptors (Lipinski definition) is 0. The number of hydrogen-bond donors (Lipinski definition) is 0. The van der Waals surface area contributed by atoms with Gasteiger partial charge in [0.25, 0.3) is 0 Å². The molecule has 0 nitrogen and oxygen atoms in total. The van der Waals surface area contributed by atoms with E-state index < -0.39 is 0 Å². The standard InChI is InChI=1S/C12H14/c1-2-4-7-11(8-5-3-1)12-9-6-10-12/h1-5,7-8,12H,6,9-10H2. The van der Waals surface area contributed by atoms with Gasteiger partial charge >= 0.3 is 0 Å². The third kappa shape index (κ3) is 1.58. The van der Waals surface area contributed by atoms with Crippen LogP contribution in [0.25, 0.3) is 0 Å². The lowest BCUT2D eigenvalue weighted by Gasteiger charge is -2.26. The fraction of sp³-hybridized carbons (Fsp3) is 0.333. The molecule has 0 atom stereocenters. The largest absolute Gasteiger partial charge is 0.0623 e. The van der Waals surface area contributed by atoms with Crippen LogP contribution in [0.1, 0.15) is 19.3 Å². The van der Waals surface area contributed by atoms with Gasteiger partial charge in [-0.3, -0.25) is 0 Å². The molecule has 0 unspecified atom stereocenters. The van der Waals surface area contributed by atoms with Gasteiger partial charge in [-0.15, -0.1) is 0 Å². The van der Waals surface area contributed by atoms with Crippen molar-refractivity contribution >= 4 is 0 Å². The van der Waals surface area contributed by atoms with Gasteiger partial charge in [-0.2, -0.15) is 0 Å². The van der Waals surface area contributed by atoms with Crippen molar-refractivity contribution in [1.82, 2.24) is 0 Å². The molecule has 0 N–H and O–H groups in total. The molecular formula is C12H14. The van der Waals surface area contributed by atoms with Gasteiger partial charge in [0.2, 0.25) is 0 Å². The molecule has 1 fully saturated rings. The van der Waals surface area contributed by atoms with Crippen LogP contribution in [0.3, 0.4) is 0 Å². The first-order valence-electron chi connectivity index (χ1n) is 4.68. The highest BCUT2D eigenvalue weighted by Gasteiger charge is 2.19. The van der Waals surface area contributed by atoms with Crippen LogP contribution in [0.4, 0.5) is 0 Å². The molecule has 0 heterocycles. The van der Waals surface area contributed by atoms with E-state index in [1.165, 1.54) is 24.8 Å². The summed E-state index contributed by atoms with van der Waals surface area (Å²) in [6.07, 6.45) is 19.2. The van der Waals surface area contributed by atoms with E-state index in [1.54, 1.807) is 0 Å². The van der Waals surface area contributed by atoms with Crippen LogP contribution < -0.4 is 0 Å². The molecule has 0 saturated heterocycles. The fourth-order valence-electron chi connectivity index (χ4n) is 1.60. The first kappa shape index (κ1) is 7.60. The summed E-state index contributed by atoms with van der Waals surface area (Å²) in [7, 11) is 0. The maximum Gasteiger partial charge on any atom is -0.0162 e. The van der Waals surface area contributed by atoms with E-state index in [-0.39, 0.29) is 0 Å². The molecule has 1 saturated carbocycles. The lowest BCUT2D eigenvalue weighted by atomic mass is 9.79. The van der Waals surface area contributed by atoms with Crippen LogP contribution in [0.5, 0.6) is 0 Å². The van der Waals surface area contributed by atoms with E-state index in [0.717, 1.165) is 5.92 Å². The molecule has 0 bridgehead atoms. The number of rotatable bonds is 1. The van der Waals surface area contributed by atoms with E-state index in [9.17, 15) is 0 Å². The first-order valence-corrected chi connectivity index (χ1v) is 4.68. The number of allylic oxidation sites excluding steroid dienone is 8. The molecule has 0 amide bonds. The van der Waals surface area contributed by atoms with E-state index in [1.807, 2.05) is 0 Å². The van der Waals surface area contributed by atoms with Crippen molar-refractivity contribution in [2.45, 2.75) is 19.3 Å². The van der Waals surface area contributed by atoms with Gasteiger partial charge in [0.1, 0.15) is 0 Å². The van der Waals surface area contributed by atoms with E-state index >= 15 is 0 Å². The molecule has 0 aromatic rings. The summed E-state index contributed by atoms with van der Waals surface area (Å²) in [5, 5.41) is 0. The Balaban J connectivity index is 2.11. The van der Waals surface area contributed by atoms with Gasteiger partial charge < -0.3 is 0 Å². The molecule has 0 radical (unpaired) electrons. The maximum absolute atomic E-state index is 2.24. The monoisotopic (exact) mass is 158 g/mol. The minimum absolute atomic E-state index is 0.845. The molecule has 0 spiro atoms. The predicted molar refractivity (Wildman–Crippen MR) is 52.8 cm³/mol. The molecule has 2 aliphatic rings. The van der Waals surface area contributed by atoms with Crippen molar-refractivity contribution in [1.29, 1.82) is 0 Å². The zero-order chi connectivity index (χ0) is 8.23. The maximum atomic E-state index is 2.24. The molecule has 12 heavy (non-hydrogen) atoms. The summed E-state index contributed by atoms with van der Waals surface area (Å²) in [6, 6.07) is 0. The Morgan fingerprint density at radius 3 is 2.42 bits per heavy atom. The molecule has 0 aliphatic heterocycles.